The quantitative estimate of drug-likeness (QED) is 0.437. The lowest BCUT2D eigenvalue weighted by Crippen LogP contribution is -2.43. The molecule has 2 aliphatic heterocycles. The monoisotopic (exact) mass is 601 g/mol. The van der Waals surface area contributed by atoms with Gasteiger partial charge in [-0.05, 0) is 91.3 Å². The molecule has 0 aromatic heterocycles. The molecule has 1 aliphatic carbocycles. The fourth-order valence-electron chi connectivity index (χ4n) is 6.11. The van der Waals surface area contributed by atoms with Gasteiger partial charge in [0.1, 0.15) is 15.7 Å². The Morgan fingerprint density at radius 1 is 1.15 bits per heavy atom. The maximum atomic E-state index is 13.3. The molecule has 2 aromatic rings. The molecule has 3 aliphatic rings. The Hall–Kier alpha value is -2.43. The molecule has 0 saturated heterocycles. The first-order valence-electron chi connectivity index (χ1n) is 14.4. The van der Waals surface area contributed by atoms with Gasteiger partial charge >= 0.3 is 0 Å². The molecule has 6 atom stereocenters. The number of methoxy groups -OCH3 is 1. The van der Waals surface area contributed by atoms with Crippen LogP contribution in [0.1, 0.15) is 54.1 Å². The van der Waals surface area contributed by atoms with Gasteiger partial charge in [-0.3, -0.25) is 4.79 Å². The number of anilines is 1. The van der Waals surface area contributed by atoms with E-state index >= 15 is 0 Å². The third kappa shape index (κ3) is 7.14. The van der Waals surface area contributed by atoms with Crippen molar-refractivity contribution >= 4 is 33.1 Å². The Bertz CT molecular complexity index is 1420. The first kappa shape index (κ1) is 30.0. The predicted octanol–water partition coefficient (Wildman–Crippen LogP) is 5.15. The van der Waals surface area contributed by atoms with Gasteiger partial charge in [0.15, 0.2) is 0 Å². The van der Waals surface area contributed by atoms with E-state index in [0.29, 0.717) is 35.4 Å². The summed E-state index contributed by atoms with van der Waals surface area (Å²) in [5.41, 5.74) is 3.48. The second kappa shape index (κ2) is 12.8. The molecule has 41 heavy (non-hydrogen) atoms. The minimum atomic E-state index is -3.38. The standard InChI is InChI=1S/C31H40ClN3O5S/c1-20-19-41(33,38)34-31(37)22-8-12-30-27(16-22)35(18-24-7-10-26(24)29(39-2)13-11-28(20)36)17-23-6-9-25(32)15-21(23)5-3-4-14-40-30/h6,8-9,11-13,15-16,20,24,26,28-29,36H,3-5,7,10,14,17-19H2,1-2H3,(H2,33,34,37,38)/b13-11+/t20-,24+,26-,28+,29+,41-/m1/s1. The van der Waals surface area contributed by atoms with Crippen LogP contribution in [0.2, 0.25) is 5.02 Å². The Kier molecular flexibility index (Phi) is 9.40. The molecule has 0 unspecified atom stereocenters. The number of amides is 1. The van der Waals surface area contributed by atoms with Crippen LogP contribution in [0.25, 0.3) is 0 Å². The van der Waals surface area contributed by atoms with Gasteiger partial charge in [0.2, 0.25) is 0 Å². The van der Waals surface area contributed by atoms with Gasteiger partial charge in [-0.2, -0.15) is 0 Å². The minimum absolute atomic E-state index is 0.118. The van der Waals surface area contributed by atoms with Crippen molar-refractivity contribution in [3.8, 4) is 5.75 Å². The number of nitrogens with zero attached hydrogens (tertiary/aromatic N) is 2. The zero-order chi connectivity index (χ0) is 29.1. The summed E-state index contributed by atoms with van der Waals surface area (Å²) >= 11 is 6.40. The molecular weight excluding hydrogens is 562 g/mol. The van der Waals surface area contributed by atoms with Crippen molar-refractivity contribution in [1.29, 1.82) is 0 Å². The number of carbonyl (C=O) groups is 1. The molecular formula is C31H40ClN3O5S. The van der Waals surface area contributed by atoms with Gasteiger partial charge < -0.3 is 19.5 Å². The van der Waals surface area contributed by atoms with Gasteiger partial charge in [0.05, 0.1) is 30.3 Å². The average Bonchev–Trinajstić information content (AvgIpc) is 2.94. The highest BCUT2D eigenvalue weighted by Gasteiger charge is 2.38. The van der Waals surface area contributed by atoms with E-state index in [0.717, 1.165) is 44.3 Å². The summed E-state index contributed by atoms with van der Waals surface area (Å²) < 4.78 is 29.3. The molecule has 5 rings (SSSR count). The number of hydrogen-bond acceptors (Lipinski definition) is 6. The lowest BCUT2D eigenvalue weighted by Gasteiger charge is -2.43. The highest BCUT2D eigenvalue weighted by molar-refractivity contribution is 7.91. The second-order valence-electron chi connectivity index (χ2n) is 11.6. The number of fused-ring (bicyclic) bond motifs is 3. The molecule has 1 amide bonds. The Morgan fingerprint density at radius 2 is 1.98 bits per heavy atom. The van der Waals surface area contributed by atoms with Crippen molar-refractivity contribution in [3.63, 3.8) is 0 Å². The van der Waals surface area contributed by atoms with Crippen molar-refractivity contribution in [2.24, 2.45) is 27.3 Å². The highest BCUT2D eigenvalue weighted by atomic mass is 35.5. The number of aryl methyl sites for hydroxylation is 1. The molecule has 1 saturated carbocycles. The van der Waals surface area contributed by atoms with Crippen molar-refractivity contribution in [2.45, 2.75) is 57.8 Å². The van der Waals surface area contributed by atoms with E-state index in [1.807, 2.05) is 18.2 Å². The van der Waals surface area contributed by atoms with E-state index < -0.39 is 27.8 Å². The molecule has 0 radical (unpaired) electrons. The van der Waals surface area contributed by atoms with Crippen LogP contribution in [-0.2, 0) is 27.6 Å². The van der Waals surface area contributed by atoms with Crippen molar-refractivity contribution in [3.05, 3.63) is 70.3 Å². The summed E-state index contributed by atoms with van der Waals surface area (Å²) in [5.74, 6) is 0.0577. The topological polar surface area (TPSA) is 114 Å². The van der Waals surface area contributed by atoms with Crippen molar-refractivity contribution < 1.29 is 23.6 Å². The smallest absolute Gasteiger partial charge is 0.286 e. The summed E-state index contributed by atoms with van der Waals surface area (Å²) in [4.78, 5) is 15.6. The zero-order valence-electron chi connectivity index (χ0n) is 23.7. The Morgan fingerprint density at radius 3 is 2.73 bits per heavy atom. The average molecular weight is 602 g/mol. The lowest BCUT2D eigenvalue weighted by molar-refractivity contribution is 0.0126. The summed E-state index contributed by atoms with van der Waals surface area (Å²) in [6.07, 6.45) is 7.34. The fourth-order valence-corrected chi connectivity index (χ4v) is 7.71. The van der Waals surface area contributed by atoms with Crippen molar-refractivity contribution in [2.75, 3.05) is 30.9 Å². The number of carbonyl (C=O) groups excluding carboxylic acids is 1. The predicted molar refractivity (Wildman–Crippen MR) is 163 cm³/mol. The third-order valence-electron chi connectivity index (χ3n) is 8.62. The van der Waals surface area contributed by atoms with E-state index in [1.54, 1.807) is 38.3 Å². The van der Waals surface area contributed by atoms with Crippen LogP contribution >= 0.6 is 11.6 Å². The number of aliphatic hydroxyl groups is 1. The van der Waals surface area contributed by atoms with E-state index in [9.17, 15) is 14.1 Å². The van der Waals surface area contributed by atoms with Crippen molar-refractivity contribution in [1.82, 2.24) is 0 Å². The number of aliphatic hydroxyl groups excluding tert-OH is 1. The normalized spacial score (nSPS) is 31.8. The molecule has 10 heteroatoms. The number of nitrogens with two attached hydrogens (primary N) is 1. The van der Waals surface area contributed by atoms with Crippen LogP contribution in [0.15, 0.2) is 52.9 Å². The largest absolute Gasteiger partial charge is 0.491 e. The molecule has 0 spiro atoms. The van der Waals surface area contributed by atoms with Crippen LogP contribution in [-0.4, -0.2) is 53.4 Å². The molecule has 3 N–H and O–H groups in total. The first-order chi connectivity index (χ1) is 19.6. The summed E-state index contributed by atoms with van der Waals surface area (Å²) in [7, 11) is -1.69. The molecule has 222 valence electrons. The van der Waals surface area contributed by atoms with Gasteiger partial charge in [-0.1, -0.05) is 36.7 Å². The van der Waals surface area contributed by atoms with E-state index in [-0.39, 0.29) is 17.8 Å². The van der Waals surface area contributed by atoms with Gasteiger partial charge in [0.25, 0.3) is 5.91 Å². The van der Waals surface area contributed by atoms with Crippen LogP contribution in [0.3, 0.4) is 0 Å². The summed E-state index contributed by atoms with van der Waals surface area (Å²) in [6.45, 7) is 3.63. The third-order valence-corrected chi connectivity index (χ3v) is 10.3. The number of hydrogen-bond donors (Lipinski definition) is 2. The van der Waals surface area contributed by atoms with E-state index in [4.69, 9.17) is 26.2 Å². The molecule has 1 fully saturated rings. The number of benzene rings is 2. The van der Waals surface area contributed by atoms with Crippen LogP contribution in [0.4, 0.5) is 5.69 Å². The maximum absolute atomic E-state index is 13.3. The maximum Gasteiger partial charge on any atom is 0.286 e. The van der Waals surface area contributed by atoms with E-state index in [1.165, 1.54) is 11.1 Å². The van der Waals surface area contributed by atoms with Gasteiger partial charge in [-0.25, -0.2) is 9.35 Å². The van der Waals surface area contributed by atoms with Gasteiger partial charge in [-0.15, -0.1) is 4.36 Å². The second-order valence-corrected chi connectivity index (χ2v) is 13.9. The van der Waals surface area contributed by atoms with Crippen LogP contribution in [0.5, 0.6) is 5.75 Å². The van der Waals surface area contributed by atoms with Crippen LogP contribution in [0, 0.1) is 17.8 Å². The SMILES string of the molecule is CO[C@H]1/C=C/[C@H](O)[C@H](C)C[S@](N)(=O)=NC(=O)c2ccc3c(c2)N(Cc2ccc(Cl)cc2CCCCO3)C[C@@H]2CC[C@H]21. The first-order valence-corrected chi connectivity index (χ1v) is 16.5. The Labute approximate surface area is 248 Å². The molecule has 2 aromatic carbocycles. The number of halogens is 1. The summed E-state index contributed by atoms with van der Waals surface area (Å²) in [5, 5.41) is 17.5. The van der Waals surface area contributed by atoms with E-state index in [2.05, 4.69) is 15.3 Å². The minimum Gasteiger partial charge on any atom is -0.491 e. The van der Waals surface area contributed by atoms with Crippen LogP contribution < -0.4 is 14.8 Å². The molecule has 8 nitrogen and oxygen atoms in total. The summed E-state index contributed by atoms with van der Waals surface area (Å²) in [6, 6.07) is 11.3. The number of ether oxygens (including phenoxy) is 2. The van der Waals surface area contributed by atoms with Gasteiger partial charge in [0, 0.05) is 30.8 Å². The fraction of sp³-hybridized carbons (Fsp3) is 0.516. The molecule has 2 heterocycles. The molecule has 2 bridgehead atoms. The Balaban J connectivity index is 1.63. The zero-order valence-corrected chi connectivity index (χ0v) is 25.3. The number of rotatable bonds is 1. The lowest BCUT2D eigenvalue weighted by atomic mass is 9.70. The highest BCUT2D eigenvalue weighted by Crippen LogP contribution is 2.42.